The highest BCUT2D eigenvalue weighted by atomic mass is 32.2. The molecule has 0 spiro atoms. The number of anilines is 2. The van der Waals surface area contributed by atoms with Crippen molar-refractivity contribution < 1.29 is 8.42 Å². The lowest BCUT2D eigenvalue weighted by Gasteiger charge is -2.28. The highest BCUT2D eigenvalue weighted by molar-refractivity contribution is 7.91. The maximum absolute atomic E-state index is 11.8. The van der Waals surface area contributed by atoms with Gasteiger partial charge < -0.3 is 10.2 Å². The fraction of sp³-hybridized carbons (Fsp3) is 0.750. The number of nitrogens with zero attached hydrogens (tertiary/aromatic N) is 3. The van der Waals surface area contributed by atoms with Crippen LogP contribution in [0.25, 0.3) is 0 Å². The summed E-state index contributed by atoms with van der Waals surface area (Å²) in [6.45, 7) is 9.90. The summed E-state index contributed by atoms with van der Waals surface area (Å²) < 4.78 is 23.5. The van der Waals surface area contributed by atoms with Gasteiger partial charge in [0.05, 0.1) is 11.5 Å². The fourth-order valence-corrected chi connectivity index (χ4v) is 4.64. The first kappa shape index (κ1) is 18.0. The molecular weight excluding hydrogens is 312 g/mol. The molecule has 7 heteroatoms. The summed E-state index contributed by atoms with van der Waals surface area (Å²) in [4.78, 5) is 11.0. The van der Waals surface area contributed by atoms with Gasteiger partial charge in [0.15, 0.2) is 9.84 Å². The van der Waals surface area contributed by atoms with Crippen LogP contribution in [-0.4, -0.2) is 49.0 Å². The van der Waals surface area contributed by atoms with Crippen molar-refractivity contribution in [3.05, 3.63) is 11.9 Å². The molecule has 1 aliphatic rings. The molecule has 2 heterocycles. The summed E-state index contributed by atoms with van der Waals surface area (Å²) >= 11 is 0. The van der Waals surface area contributed by atoms with Crippen molar-refractivity contribution in [2.24, 2.45) is 5.92 Å². The van der Waals surface area contributed by atoms with E-state index in [0.29, 0.717) is 18.2 Å². The molecule has 1 N–H and O–H groups in total. The Balaban J connectivity index is 2.15. The number of rotatable bonds is 7. The van der Waals surface area contributed by atoms with Crippen LogP contribution in [0.1, 0.15) is 39.4 Å². The second-order valence-corrected chi connectivity index (χ2v) is 8.84. The first-order valence-electron chi connectivity index (χ1n) is 8.37. The van der Waals surface area contributed by atoms with Crippen LogP contribution in [0.2, 0.25) is 0 Å². The molecular formula is C16H28N4O2S. The molecule has 1 saturated heterocycles. The van der Waals surface area contributed by atoms with Gasteiger partial charge in [0.1, 0.15) is 17.5 Å². The minimum absolute atomic E-state index is 0.0165. The molecule has 23 heavy (non-hydrogen) atoms. The van der Waals surface area contributed by atoms with Crippen LogP contribution in [0, 0.1) is 12.8 Å². The van der Waals surface area contributed by atoms with Gasteiger partial charge in [-0.2, -0.15) is 0 Å². The highest BCUT2D eigenvalue weighted by Gasteiger charge is 2.32. The van der Waals surface area contributed by atoms with Crippen molar-refractivity contribution >= 4 is 21.5 Å². The van der Waals surface area contributed by atoms with Crippen molar-refractivity contribution in [1.29, 1.82) is 0 Å². The Kier molecular flexibility index (Phi) is 5.84. The molecule has 1 aromatic rings. The molecule has 2 rings (SSSR count). The van der Waals surface area contributed by atoms with Gasteiger partial charge in [0.2, 0.25) is 0 Å². The molecule has 0 aliphatic carbocycles. The predicted molar refractivity (Wildman–Crippen MR) is 94.8 cm³/mol. The van der Waals surface area contributed by atoms with Crippen molar-refractivity contribution in [3.8, 4) is 0 Å². The van der Waals surface area contributed by atoms with E-state index in [1.807, 2.05) is 19.9 Å². The molecule has 0 saturated carbocycles. The van der Waals surface area contributed by atoms with Crippen LogP contribution in [0.15, 0.2) is 6.07 Å². The molecule has 130 valence electrons. The average Bonchev–Trinajstić information content (AvgIpc) is 2.79. The largest absolute Gasteiger partial charge is 0.370 e. The van der Waals surface area contributed by atoms with E-state index in [0.717, 1.165) is 31.1 Å². The molecule has 0 radical (unpaired) electrons. The minimum Gasteiger partial charge on any atom is -0.370 e. The normalized spacial score (nSPS) is 20.0. The zero-order chi connectivity index (χ0) is 17.0. The Hall–Kier alpha value is -1.37. The summed E-state index contributed by atoms with van der Waals surface area (Å²) in [5.74, 6) is 3.47. The quantitative estimate of drug-likeness (QED) is 0.820. The van der Waals surface area contributed by atoms with E-state index in [1.54, 1.807) is 0 Å². The molecule has 0 amide bonds. The maximum atomic E-state index is 11.8. The van der Waals surface area contributed by atoms with Gasteiger partial charge in [0.25, 0.3) is 0 Å². The van der Waals surface area contributed by atoms with E-state index in [4.69, 9.17) is 0 Å². The van der Waals surface area contributed by atoms with E-state index in [1.165, 1.54) is 0 Å². The topological polar surface area (TPSA) is 75.2 Å². The monoisotopic (exact) mass is 340 g/mol. The number of aromatic nitrogens is 2. The molecule has 0 aromatic carbocycles. The van der Waals surface area contributed by atoms with Gasteiger partial charge in [-0.25, -0.2) is 18.4 Å². The first-order valence-corrected chi connectivity index (χ1v) is 10.2. The molecule has 1 atom stereocenters. The van der Waals surface area contributed by atoms with Crippen molar-refractivity contribution in [1.82, 2.24) is 9.97 Å². The van der Waals surface area contributed by atoms with Crippen LogP contribution in [-0.2, 0) is 9.84 Å². The molecule has 1 aromatic heterocycles. The van der Waals surface area contributed by atoms with Crippen LogP contribution < -0.4 is 10.2 Å². The highest BCUT2D eigenvalue weighted by Crippen LogP contribution is 2.24. The summed E-state index contributed by atoms with van der Waals surface area (Å²) in [5.41, 5.74) is 0. The van der Waals surface area contributed by atoms with Crippen LogP contribution in [0.3, 0.4) is 0 Å². The molecule has 0 bridgehead atoms. The van der Waals surface area contributed by atoms with E-state index < -0.39 is 9.84 Å². The maximum Gasteiger partial charge on any atom is 0.152 e. The summed E-state index contributed by atoms with van der Waals surface area (Å²) in [6.07, 6.45) is 1.76. The lowest BCUT2D eigenvalue weighted by molar-refractivity contribution is 0.599. The third kappa shape index (κ3) is 5.06. The Morgan fingerprint density at radius 2 is 2.13 bits per heavy atom. The van der Waals surface area contributed by atoms with E-state index >= 15 is 0 Å². The number of aryl methyl sites for hydroxylation is 1. The predicted octanol–water partition coefficient (Wildman–Crippen LogP) is 2.26. The number of nitrogens with one attached hydrogen (secondary N) is 1. The van der Waals surface area contributed by atoms with Crippen molar-refractivity contribution in [2.45, 2.75) is 46.6 Å². The van der Waals surface area contributed by atoms with Gasteiger partial charge in [-0.05, 0) is 32.6 Å². The third-order valence-electron chi connectivity index (χ3n) is 4.14. The summed E-state index contributed by atoms with van der Waals surface area (Å²) in [5, 5.41) is 3.35. The standard InChI is InChI=1S/C16H28N4O2S/c1-5-20(14-7-9-23(21,22)11-14)16-10-15(18-13(4)19-16)17-8-6-12(2)3/h10,12,14H,5-9,11H2,1-4H3,(H,17,18,19). The minimum atomic E-state index is -2.90. The van der Waals surface area contributed by atoms with Crippen LogP contribution in [0.4, 0.5) is 11.6 Å². The average molecular weight is 340 g/mol. The van der Waals surface area contributed by atoms with E-state index in [2.05, 4.69) is 34.0 Å². The van der Waals surface area contributed by atoms with Gasteiger partial charge in [-0.3, -0.25) is 0 Å². The Morgan fingerprint density at radius 3 is 2.70 bits per heavy atom. The Morgan fingerprint density at radius 1 is 1.39 bits per heavy atom. The Bertz CT molecular complexity index is 631. The summed E-state index contributed by atoms with van der Waals surface area (Å²) in [6, 6.07) is 1.95. The second-order valence-electron chi connectivity index (χ2n) is 6.61. The smallest absolute Gasteiger partial charge is 0.152 e. The second kappa shape index (κ2) is 7.47. The number of sulfone groups is 1. The third-order valence-corrected chi connectivity index (χ3v) is 5.89. The van der Waals surface area contributed by atoms with Gasteiger partial charge in [-0.15, -0.1) is 0 Å². The fourth-order valence-electron chi connectivity index (χ4n) is 2.91. The molecule has 1 aliphatic heterocycles. The summed E-state index contributed by atoms with van der Waals surface area (Å²) in [7, 11) is -2.90. The van der Waals surface area contributed by atoms with E-state index in [-0.39, 0.29) is 17.5 Å². The van der Waals surface area contributed by atoms with Gasteiger partial charge >= 0.3 is 0 Å². The molecule has 6 nitrogen and oxygen atoms in total. The SMILES string of the molecule is CCN(c1cc(NCCC(C)C)nc(C)n1)C1CCS(=O)(=O)C1. The van der Waals surface area contributed by atoms with Crippen molar-refractivity contribution in [3.63, 3.8) is 0 Å². The number of hydrogen-bond donors (Lipinski definition) is 1. The number of hydrogen-bond acceptors (Lipinski definition) is 6. The Labute approximate surface area is 139 Å². The zero-order valence-electron chi connectivity index (χ0n) is 14.5. The van der Waals surface area contributed by atoms with Gasteiger partial charge in [0, 0.05) is 25.2 Å². The van der Waals surface area contributed by atoms with Crippen LogP contribution >= 0.6 is 0 Å². The van der Waals surface area contributed by atoms with E-state index in [9.17, 15) is 8.42 Å². The van der Waals surface area contributed by atoms with Crippen LogP contribution in [0.5, 0.6) is 0 Å². The lowest BCUT2D eigenvalue weighted by atomic mass is 10.1. The molecule has 1 unspecified atom stereocenters. The van der Waals surface area contributed by atoms with Crippen molar-refractivity contribution in [2.75, 3.05) is 34.8 Å². The zero-order valence-corrected chi connectivity index (χ0v) is 15.4. The van der Waals surface area contributed by atoms with Gasteiger partial charge in [-0.1, -0.05) is 13.8 Å². The molecule has 1 fully saturated rings. The first-order chi connectivity index (χ1) is 10.8. The lowest BCUT2D eigenvalue weighted by Crippen LogP contribution is -2.37.